The van der Waals surface area contributed by atoms with Crippen molar-refractivity contribution in [2.45, 2.75) is 18.9 Å². The molecule has 1 unspecified atom stereocenters. The van der Waals surface area contributed by atoms with E-state index in [1.807, 2.05) is 0 Å². The van der Waals surface area contributed by atoms with Crippen molar-refractivity contribution in [3.63, 3.8) is 0 Å². The topological polar surface area (TPSA) is 106 Å². The molecule has 0 amide bonds. The fourth-order valence-electron chi connectivity index (χ4n) is 2.42. The van der Waals surface area contributed by atoms with Gasteiger partial charge in [-0.1, -0.05) is 6.07 Å². The van der Waals surface area contributed by atoms with Crippen molar-refractivity contribution in [3.8, 4) is 5.75 Å². The van der Waals surface area contributed by atoms with Gasteiger partial charge in [-0.2, -0.15) is 8.42 Å². The Balaban J connectivity index is 1.94. The van der Waals surface area contributed by atoms with Crippen LogP contribution in [0.25, 0.3) is 0 Å². The fraction of sp³-hybridized carbons (Fsp3) is 0.417. The maximum absolute atomic E-state index is 11.5. The van der Waals surface area contributed by atoms with E-state index in [-0.39, 0.29) is 11.9 Å². The van der Waals surface area contributed by atoms with Crippen molar-refractivity contribution < 1.29 is 13.2 Å². The zero-order valence-corrected chi connectivity index (χ0v) is 11.6. The van der Waals surface area contributed by atoms with Crippen LogP contribution in [0.5, 0.6) is 5.75 Å². The van der Waals surface area contributed by atoms with Crippen LogP contribution in [0.4, 0.5) is 5.69 Å². The zero-order valence-electron chi connectivity index (χ0n) is 10.8. The Morgan fingerprint density at radius 1 is 1.40 bits per heavy atom. The average Bonchev–Trinajstić information content (AvgIpc) is 2.38. The summed E-state index contributed by atoms with van der Waals surface area (Å²) < 4.78 is 34.7. The van der Waals surface area contributed by atoms with E-state index < -0.39 is 10.2 Å². The third-order valence-corrected chi connectivity index (χ3v) is 4.20. The van der Waals surface area contributed by atoms with Gasteiger partial charge in [-0.25, -0.2) is 0 Å². The molecule has 3 rings (SSSR count). The standard InChI is InChI=1S/C12H16N4O3S/c13-12-11-9(15-20(17,18)16-12)4-1-5-10(11)19-8-3-2-6-14-7-8/h1,4-5,8,14-15H,2-3,6-7H2,(H2,13,16). The SMILES string of the molecule is NC1=NS(=O)(=O)Nc2cccc(OC3CCCNC3)c21. The van der Waals surface area contributed by atoms with Gasteiger partial charge in [-0.15, -0.1) is 4.40 Å². The molecule has 108 valence electrons. The Labute approximate surface area is 117 Å². The first-order valence-corrected chi connectivity index (χ1v) is 7.88. The van der Waals surface area contributed by atoms with Crippen LogP contribution in [0.3, 0.4) is 0 Å². The number of fused-ring (bicyclic) bond motifs is 1. The largest absolute Gasteiger partial charge is 0.488 e. The van der Waals surface area contributed by atoms with E-state index >= 15 is 0 Å². The predicted octanol–water partition coefficient (Wildman–Crippen LogP) is 0.193. The van der Waals surface area contributed by atoms with E-state index in [0.717, 1.165) is 25.9 Å². The Morgan fingerprint density at radius 2 is 2.25 bits per heavy atom. The summed E-state index contributed by atoms with van der Waals surface area (Å²) in [5, 5.41) is 3.26. The van der Waals surface area contributed by atoms with Crippen LogP contribution in [0.2, 0.25) is 0 Å². The summed E-state index contributed by atoms with van der Waals surface area (Å²) in [6, 6.07) is 5.14. The quantitative estimate of drug-likeness (QED) is 0.722. The van der Waals surface area contributed by atoms with Crippen molar-refractivity contribution in [2.24, 2.45) is 10.1 Å². The summed E-state index contributed by atoms with van der Waals surface area (Å²) in [6.45, 7) is 1.77. The molecule has 2 heterocycles. The molecule has 1 aromatic rings. The molecule has 0 radical (unpaired) electrons. The monoisotopic (exact) mass is 296 g/mol. The number of hydrogen-bond acceptors (Lipinski definition) is 5. The van der Waals surface area contributed by atoms with E-state index in [0.29, 0.717) is 17.0 Å². The number of anilines is 1. The summed E-state index contributed by atoms with van der Waals surface area (Å²) in [5.74, 6) is 0.512. The molecule has 0 aliphatic carbocycles. The highest BCUT2D eigenvalue weighted by Gasteiger charge is 2.25. The highest BCUT2D eigenvalue weighted by atomic mass is 32.2. The second kappa shape index (κ2) is 4.95. The lowest BCUT2D eigenvalue weighted by Gasteiger charge is -2.26. The Bertz CT molecular complexity index is 651. The molecule has 0 bridgehead atoms. The smallest absolute Gasteiger partial charge is 0.344 e. The van der Waals surface area contributed by atoms with Gasteiger partial charge < -0.3 is 15.8 Å². The Hall–Kier alpha value is -1.80. The van der Waals surface area contributed by atoms with E-state index in [2.05, 4.69) is 14.4 Å². The molecule has 1 fully saturated rings. The average molecular weight is 296 g/mol. The molecule has 0 spiro atoms. The normalized spacial score (nSPS) is 24.2. The van der Waals surface area contributed by atoms with Crippen LogP contribution >= 0.6 is 0 Å². The molecule has 8 heteroatoms. The summed E-state index contributed by atoms with van der Waals surface area (Å²) in [4.78, 5) is 0. The fourth-order valence-corrected chi connectivity index (χ4v) is 3.26. The molecule has 2 aliphatic heterocycles. The lowest BCUT2D eigenvalue weighted by atomic mass is 10.1. The molecule has 0 saturated carbocycles. The van der Waals surface area contributed by atoms with E-state index in [9.17, 15) is 8.42 Å². The molecule has 20 heavy (non-hydrogen) atoms. The van der Waals surface area contributed by atoms with Crippen molar-refractivity contribution >= 4 is 21.7 Å². The third kappa shape index (κ3) is 2.56. The minimum Gasteiger partial charge on any atom is -0.488 e. The second-order valence-electron chi connectivity index (χ2n) is 4.82. The van der Waals surface area contributed by atoms with Crippen LogP contribution < -0.4 is 20.5 Å². The molecule has 1 aromatic carbocycles. The van der Waals surface area contributed by atoms with Crippen molar-refractivity contribution in [3.05, 3.63) is 23.8 Å². The maximum atomic E-state index is 11.5. The lowest BCUT2D eigenvalue weighted by Crippen LogP contribution is -2.37. The van der Waals surface area contributed by atoms with Crippen LogP contribution in [-0.4, -0.2) is 33.4 Å². The number of ether oxygens (including phenoxy) is 1. The zero-order chi connectivity index (χ0) is 14.2. The van der Waals surface area contributed by atoms with E-state index in [1.165, 1.54) is 0 Å². The highest BCUT2D eigenvalue weighted by Crippen LogP contribution is 2.31. The van der Waals surface area contributed by atoms with Crippen LogP contribution in [-0.2, 0) is 10.2 Å². The summed E-state index contributed by atoms with van der Waals surface area (Å²) >= 11 is 0. The first kappa shape index (κ1) is 13.2. The Kier molecular flexibility index (Phi) is 3.27. The maximum Gasteiger partial charge on any atom is 0.344 e. The van der Waals surface area contributed by atoms with Crippen LogP contribution in [0.1, 0.15) is 18.4 Å². The number of nitrogens with zero attached hydrogens (tertiary/aromatic N) is 1. The molecule has 4 N–H and O–H groups in total. The van der Waals surface area contributed by atoms with Gasteiger partial charge in [0.25, 0.3) is 0 Å². The predicted molar refractivity (Wildman–Crippen MR) is 76.2 cm³/mol. The number of nitrogens with one attached hydrogen (secondary N) is 2. The molecule has 0 aromatic heterocycles. The number of benzene rings is 1. The third-order valence-electron chi connectivity index (χ3n) is 3.29. The number of amidine groups is 1. The van der Waals surface area contributed by atoms with Gasteiger partial charge in [0.1, 0.15) is 11.9 Å². The van der Waals surface area contributed by atoms with Gasteiger partial charge in [0.2, 0.25) is 0 Å². The number of nitrogens with two attached hydrogens (primary N) is 1. The van der Waals surface area contributed by atoms with Gasteiger partial charge in [-0.05, 0) is 31.5 Å². The first-order chi connectivity index (χ1) is 9.55. The van der Waals surface area contributed by atoms with Crippen LogP contribution in [0, 0.1) is 0 Å². The van der Waals surface area contributed by atoms with E-state index in [4.69, 9.17) is 10.5 Å². The molecular formula is C12H16N4O3S. The summed E-state index contributed by atoms with van der Waals surface area (Å²) in [6.07, 6.45) is 2.07. The number of piperidine rings is 1. The number of hydrogen-bond donors (Lipinski definition) is 3. The lowest BCUT2D eigenvalue weighted by molar-refractivity contribution is 0.167. The van der Waals surface area contributed by atoms with Crippen molar-refractivity contribution in [1.29, 1.82) is 0 Å². The van der Waals surface area contributed by atoms with Crippen LogP contribution in [0.15, 0.2) is 22.6 Å². The second-order valence-corrected chi connectivity index (χ2v) is 6.16. The van der Waals surface area contributed by atoms with Gasteiger partial charge in [0.05, 0.1) is 11.3 Å². The Morgan fingerprint density at radius 3 is 3.00 bits per heavy atom. The minimum absolute atomic E-state index is 0.0434. The molecule has 7 nitrogen and oxygen atoms in total. The molecular weight excluding hydrogens is 280 g/mol. The molecule has 1 atom stereocenters. The first-order valence-electron chi connectivity index (χ1n) is 6.44. The minimum atomic E-state index is -3.75. The van der Waals surface area contributed by atoms with Crippen molar-refractivity contribution in [2.75, 3.05) is 17.8 Å². The van der Waals surface area contributed by atoms with Gasteiger partial charge in [-0.3, -0.25) is 4.72 Å². The summed E-state index contributed by atoms with van der Waals surface area (Å²) in [7, 11) is -3.75. The van der Waals surface area contributed by atoms with Crippen molar-refractivity contribution in [1.82, 2.24) is 5.32 Å². The van der Waals surface area contributed by atoms with Gasteiger partial charge in [0.15, 0.2) is 5.84 Å². The molecule has 2 aliphatic rings. The summed E-state index contributed by atoms with van der Waals surface area (Å²) in [5.41, 5.74) is 6.67. The van der Waals surface area contributed by atoms with Gasteiger partial charge in [0, 0.05) is 6.54 Å². The molecule has 1 saturated heterocycles. The van der Waals surface area contributed by atoms with E-state index in [1.54, 1.807) is 18.2 Å². The van der Waals surface area contributed by atoms with Gasteiger partial charge >= 0.3 is 10.2 Å². The number of rotatable bonds is 2. The highest BCUT2D eigenvalue weighted by molar-refractivity contribution is 7.91.